The molecule has 88 valence electrons. The summed E-state index contributed by atoms with van der Waals surface area (Å²) in [5.74, 6) is -1.01. The van der Waals surface area contributed by atoms with Crippen molar-refractivity contribution in [1.82, 2.24) is 4.98 Å². The molecule has 0 spiro atoms. The Kier molecular flexibility index (Phi) is 3.49. The number of rotatable bonds is 2. The van der Waals surface area contributed by atoms with Crippen molar-refractivity contribution in [3.8, 4) is 0 Å². The minimum absolute atomic E-state index is 0.223. The van der Waals surface area contributed by atoms with Crippen molar-refractivity contribution in [2.24, 2.45) is 5.73 Å². The number of benzene rings is 1. The maximum absolute atomic E-state index is 13.7. The number of halogens is 3. The summed E-state index contributed by atoms with van der Waals surface area (Å²) in [6, 6.07) is 5.10. The average Bonchev–Trinajstić information content (AvgIpc) is 2.29. The molecule has 1 heterocycles. The van der Waals surface area contributed by atoms with Crippen LogP contribution in [0.25, 0.3) is 0 Å². The van der Waals surface area contributed by atoms with Gasteiger partial charge in [0.15, 0.2) is 0 Å². The molecule has 1 aromatic heterocycles. The molecule has 0 fully saturated rings. The fourth-order valence-corrected chi connectivity index (χ4v) is 1.89. The second kappa shape index (κ2) is 4.89. The van der Waals surface area contributed by atoms with Crippen LogP contribution in [0.5, 0.6) is 0 Å². The van der Waals surface area contributed by atoms with E-state index in [-0.39, 0.29) is 11.1 Å². The third kappa shape index (κ3) is 2.50. The Morgan fingerprint density at radius 1 is 1.12 bits per heavy atom. The molecule has 0 aliphatic carbocycles. The van der Waals surface area contributed by atoms with Gasteiger partial charge in [0, 0.05) is 21.8 Å². The highest BCUT2D eigenvalue weighted by molar-refractivity contribution is 9.10. The first-order valence-corrected chi connectivity index (χ1v) is 5.69. The molecule has 2 rings (SSSR count). The molecule has 2 N–H and O–H groups in total. The van der Waals surface area contributed by atoms with Crippen molar-refractivity contribution < 1.29 is 8.78 Å². The molecule has 2 aromatic rings. The molecule has 0 bridgehead atoms. The van der Waals surface area contributed by atoms with Gasteiger partial charge in [-0.15, -0.1) is 0 Å². The van der Waals surface area contributed by atoms with Crippen LogP contribution in [-0.2, 0) is 0 Å². The zero-order valence-corrected chi connectivity index (χ0v) is 10.3. The molecule has 1 atom stereocenters. The maximum Gasteiger partial charge on any atom is 0.146 e. The van der Waals surface area contributed by atoms with Gasteiger partial charge in [-0.3, -0.25) is 4.98 Å². The van der Waals surface area contributed by atoms with E-state index in [2.05, 4.69) is 20.9 Å². The van der Waals surface area contributed by atoms with E-state index < -0.39 is 17.7 Å². The average molecular weight is 299 g/mol. The second-order valence-electron chi connectivity index (χ2n) is 3.54. The molecule has 0 aliphatic rings. The lowest BCUT2D eigenvalue weighted by Gasteiger charge is -2.14. The molecule has 0 aliphatic heterocycles. The molecule has 17 heavy (non-hydrogen) atoms. The van der Waals surface area contributed by atoms with Crippen molar-refractivity contribution >= 4 is 15.9 Å². The van der Waals surface area contributed by atoms with Crippen molar-refractivity contribution in [2.45, 2.75) is 6.04 Å². The summed E-state index contributed by atoms with van der Waals surface area (Å²) in [7, 11) is 0. The molecular formula is C12H9BrF2N2. The molecular weight excluding hydrogens is 290 g/mol. The van der Waals surface area contributed by atoms with Crippen molar-refractivity contribution in [2.75, 3.05) is 0 Å². The Morgan fingerprint density at radius 3 is 2.47 bits per heavy atom. The lowest BCUT2D eigenvalue weighted by Crippen LogP contribution is -2.15. The molecule has 0 saturated heterocycles. The smallest absolute Gasteiger partial charge is 0.146 e. The quantitative estimate of drug-likeness (QED) is 0.925. The van der Waals surface area contributed by atoms with Gasteiger partial charge in [0.1, 0.15) is 11.6 Å². The Morgan fingerprint density at radius 2 is 1.82 bits per heavy atom. The fraction of sp³-hybridized carbons (Fsp3) is 0.0833. The Balaban J connectivity index is 2.44. The highest BCUT2D eigenvalue weighted by Crippen LogP contribution is 2.25. The predicted molar refractivity (Wildman–Crippen MR) is 64.3 cm³/mol. The zero-order valence-electron chi connectivity index (χ0n) is 8.70. The van der Waals surface area contributed by atoms with E-state index in [9.17, 15) is 8.78 Å². The molecule has 0 amide bonds. The largest absolute Gasteiger partial charge is 0.320 e. The van der Waals surface area contributed by atoms with Gasteiger partial charge in [0.2, 0.25) is 0 Å². The number of nitrogens with two attached hydrogens (primary N) is 1. The molecule has 0 radical (unpaired) electrons. The number of aromatic nitrogens is 1. The van der Waals surface area contributed by atoms with E-state index in [1.165, 1.54) is 24.4 Å². The first-order valence-electron chi connectivity index (χ1n) is 4.89. The van der Waals surface area contributed by atoms with Crippen LogP contribution in [0.4, 0.5) is 8.78 Å². The standard InChI is InChI=1S/C12H9BrF2N2/c13-7-1-2-8(10(14)5-7)12(16)9-3-4-17-6-11(9)15/h1-6,12H,16H2. The van der Waals surface area contributed by atoms with Crippen molar-refractivity contribution in [3.05, 3.63) is 63.9 Å². The van der Waals surface area contributed by atoms with Crippen molar-refractivity contribution in [3.63, 3.8) is 0 Å². The number of hydrogen-bond donors (Lipinski definition) is 1. The fourth-order valence-electron chi connectivity index (χ4n) is 1.56. The predicted octanol–water partition coefficient (Wildman–Crippen LogP) is 3.17. The topological polar surface area (TPSA) is 38.9 Å². The highest BCUT2D eigenvalue weighted by atomic mass is 79.9. The Bertz CT molecular complexity index is 546. The monoisotopic (exact) mass is 298 g/mol. The lowest BCUT2D eigenvalue weighted by atomic mass is 10.00. The van der Waals surface area contributed by atoms with Gasteiger partial charge < -0.3 is 5.73 Å². The summed E-state index contributed by atoms with van der Waals surface area (Å²) >= 11 is 3.15. The molecule has 1 unspecified atom stereocenters. The van der Waals surface area contributed by atoms with Gasteiger partial charge >= 0.3 is 0 Å². The van der Waals surface area contributed by atoms with Gasteiger partial charge in [-0.05, 0) is 18.2 Å². The summed E-state index contributed by atoms with van der Waals surface area (Å²) in [5, 5.41) is 0. The second-order valence-corrected chi connectivity index (χ2v) is 4.46. The van der Waals surface area contributed by atoms with Crippen LogP contribution in [-0.4, -0.2) is 4.98 Å². The Labute approximate surface area is 106 Å². The van der Waals surface area contributed by atoms with Crippen LogP contribution in [0, 0.1) is 11.6 Å². The maximum atomic E-state index is 13.7. The number of hydrogen-bond acceptors (Lipinski definition) is 2. The number of nitrogens with zero attached hydrogens (tertiary/aromatic N) is 1. The van der Waals surface area contributed by atoms with Crippen LogP contribution in [0.15, 0.2) is 41.1 Å². The lowest BCUT2D eigenvalue weighted by molar-refractivity contribution is 0.572. The van der Waals surface area contributed by atoms with E-state index >= 15 is 0 Å². The third-order valence-corrected chi connectivity index (χ3v) is 2.93. The molecule has 2 nitrogen and oxygen atoms in total. The van der Waals surface area contributed by atoms with Gasteiger partial charge in [-0.25, -0.2) is 8.78 Å². The van der Waals surface area contributed by atoms with E-state index in [0.29, 0.717) is 4.47 Å². The van der Waals surface area contributed by atoms with Crippen LogP contribution in [0.1, 0.15) is 17.2 Å². The van der Waals surface area contributed by atoms with Gasteiger partial charge in [-0.2, -0.15) is 0 Å². The van der Waals surface area contributed by atoms with Crippen molar-refractivity contribution in [1.29, 1.82) is 0 Å². The third-order valence-electron chi connectivity index (χ3n) is 2.44. The van der Waals surface area contributed by atoms with Crippen LogP contribution in [0.3, 0.4) is 0 Å². The van der Waals surface area contributed by atoms with Gasteiger partial charge in [0.25, 0.3) is 0 Å². The first kappa shape index (κ1) is 12.1. The van der Waals surface area contributed by atoms with Gasteiger partial charge in [-0.1, -0.05) is 22.0 Å². The summed E-state index contributed by atoms with van der Waals surface area (Å²) < 4.78 is 27.7. The SMILES string of the molecule is NC(c1ccncc1F)c1ccc(Br)cc1F. The zero-order chi connectivity index (χ0) is 12.4. The minimum atomic E-state index is -0.842. The molecule has 1 aromatic carbocycles. The van der Waals surface area contributed by atoms with E-state index in [1.807, 2.05) is 0 Å². The Hall–Kier alpha value is -1.33. The van der Waals surface area contributed by atoms with E-state index in [4.69, 9.17) is 5.73 Å². The summed E-state index contributed by atoms with van der Waals surface area (Å²) in [5.41, 5.74) is 6.32. The minimum Gasteiger partial charge on any atom is -0.320 e. The number of pyridine rings is 1. The van der Waals surface area contributed by atoms with E-state index in [0.717, 1.165) is 6.20 Å². The first-order chi connectivity index (χ1) is 8.09. The molecule has 0 saturated carbocycles. The molecule has 5 heteroatoms. The van der Waals surface area contributed by atoms with Gasteiger partial charge in [0.05, 0.1) is 12.2 Å². The summed E-state index contributed by atoms with van der Waals surface area (Å²) in [6.45, 7) is 0. The van der Waals surface area contributed by atoms with Crippen LogP contribution < -0.4 is 5.73 Å². The van der Waals surface area contributed by atoms with E-state index in [1.54, 1.807) is 6.07 Å². The highest BCUT2D eigenvalue weighted by Gasteiger charge is 2.17. The summed E-state index contributed by atoms with van der Waals surface area (Å²) in [6.07, 6.45) is 2.49. The normalized spacial score (nSPS) is 12.5. The van der Waals surface area contributed by atoms with Crippen LogP contribution in [0.2, 0.25) is 0 Å². The van der Waals surface area contributed by atoms with Crippen LogP contribution >= 0.6 is 15.9 Å². The summed E-state index contributed by atoms with van der Waals surface area (Å²) in [4.78, 5) is 3.63.